The molecule has 4 nitrogen and oxygen atoms in total. The van der Waals surface area contributed by atoms with Gasteiger partial charge >= 0.3 is 6.18 Å². The molecule has 0 aliphatic rings. The van der Waals surface area contributed by atoms with E-state index in [9.17, 15) is 27.5 Å². The fourth-order valence-electron chi connectivity index (χ4n) is 1.24. The maximum absolute atomic E-state index is 12.8. The van der Waals surface area contributed by atoms with Gasteiger partial charge in [0.15, 0.2) is 0 Å². The molecule has 0 saturated heterocycles. The van der Waals surface area contributed by atoms with Gasteiger partial charge in [-0.25, -0.2) is 4.98 Å². The van der Waals surface area contributed by atoms with E-state index < -0.39 is 35.7 Å². The third kappa shape index (κ3) is 4.44. The summed E-state index contributed by atoms with van der Waals surface area (Å²) in [5.41, 5.74) is -3.95. The van der Waals surface area contributed by atoms with Crippen LogP contribution in [-0.2, 0) is 10.4 Å². The Bertz CT molecular complexity index is 434. The first-order valence-corrected chi connectivity index (χ1v) is 5.82. The van der Waals surface area contributed by atoms with Crippen LogP contribution in [-0.4, -0.2) is 28.7 Å². The van der Waals surface area contributed by atoms with Crippen molar-refractivity contribution in [2.75, 3.05) is 6.54 Å². The number of rotatable bonds is 3. The Hall–Kier alpha value is -1.70. The van der Waals surface area contributed by atoms with Crippen molar-refractivity contribution in [2.24, 2.45) is 0 Å². The zero-order chi connectivity index (χ0) is 16.0. The minimum absolute atomic E-state index is 0.574. The molecule has 114 valence electrons. The van der Waals surface area contributed by atoms with E-state index in [0.717, 1.165) is 13.0 Å². The summed E-state index contributed by atoms with van der Waals surface area (Å²) in [7, 11) is 0. The predicted octanol–water partition coefficient (Wildman–Crippen LogP) is 2.13. The molecule has 1 rings (SSSR count). The molecule has 1 aromatic heterocycles. The van der Waals surface area contributed by atoms with Crippen LogP contribution in [0.4, 0.5) is 17.6 Å². The van der Waals surface area contributed by atoms with Gasteiger partial charge in [-0.2, -0.15) is 17.6 Å². The largest absolute Gasteiger partial charge is 0.423 e. The number of pyridine rings is 1. The topological polar surface area (TPSA) is 62.2 Å². The normalized spacial score (nSPS) is 13.8. The number of nitrogens with one attached hydrogen (secondary N) is 1. The number of carbonyl (C=O) groups excluding carboxylic acids is 1. The van der Waals surface area contributed by atoms with Crippen molar-refractivity contribution in [1.82, 2.24) is 10.3 Å². The average Bonchev–Trinajstić information content (AvgIpc) is 2.37. The van der Waals surface area contributed by atoms with E-state index in [2.05, 4.69) is 4.98 Å². The first-order valence-electron chi connectivity index (χ1n) is 5.82. The van der Waals surface area contributed by atoms with Gasteiger partial charge in [0.05, 0.1) is 6.54 Å². The van der Waals surface area contributed by atoms with Gasteiger partial charge in [0.1, 0.15) is 0 Å². The Kier molecular flexibility index (Phi) is 6.57. The van der Waals surface area contributed by atoms with Crippen LogP contribution in [0.3, 0.4) is 0 Å². The minimum atomic E-state index is -5.03. The maximum atomic E-state index is 12.8. The number of alkyl halides is 3. The molecule has 1 unspecified atom stereocenters. The Morgan fingerprint density at radius 3 is 2.25 bits per heavy atom. The van der Waals surface area contributed by atoms with E-state index in [0.29, 0.717) is 12.3 Å². The van der Waals surface area contributed by atoms with Crippen LogP contribution in [0.1, 0.15) is 26.3 Å². The number of aromatic nitrogens is 1. The quantitative estimate of drug-likeness (QED) is 0.663. The third-order valence-corrected chi connectivity index (χ3v) is 2.27. The second-order valence-corrected chi connectivity index (χ2v) is 3.64. The number of halogens is 4. The highest BCUT2D eigenvalue weighted by Gasteiger charge is 2.55. The number of amides is 1. The summed E-state index contributed by atoms with van der Waals surface area (Å²) >= 11 is 0. The number of hydrogen-bond acceptors (Lipinski definition) is 3. The molecule has 0 saturated carbocycles. The van der Waals surface area contributed by atoms with Gasteiger partial charge in [0, 0.05) is 18.7 Å². The molecule has 1 atom stereocenters. The maximum Gasteiger partial charge on any atom is 0.423 e. The van der Waals surface area contributed by atoms with Crippen LogP contribution >= 0.6 is 0 Å². The van der Waals surface area contributed by atoms with Crippen molar-refractivity contribution in [3.8, 4) is 0 Å². The lowest BCUT2D eigenvalue weighted by atomic mass is 9.94. The van der Waals surface area contributed by atoms with Crippen molar-refractivity contribution < 1.29 is 27.5 Å². The molecule has 0 aliphatic carbocycles. The third-order valence-electron chi connectivity index (χ3n) is 2.27. The molecular formula is C12H16F4N2O2. The van der Waals surface area contributed by atoms with Crippen LogP contribution in [0.2, 0.25) is 0 Å². The molecule has 0 spiro atoms. The summed E-state index contributed by atoms with van der Waals surface area (Å²) in [6, 6.07) is 1.46. The summed E-state index contributed by atoms with van der Waals surface area (Å²) in [6.45, 7) is 3.94. The van der Waals surface area contributed by atoms with E-state index in [1.54, 1.807) is 0 Å². The lowest BCUT2D eigenvalue weighted by molar-refractivity contribution is -0.264. The van der Waals surface area contributed by atoms with Gasteiger partial charge in [0.2, 0.25) is 17.5 Å². The molecule has 1 amide bonds. The van der Waals surface area contributed by atoms with Gasteiger partial charge in [-0.1, -0.05) is 13.8 Å². The molecule has 0 fully saturated rings. The zero-order valence-electron chi connectivity index (χ0n) is 11.3. The number of carbonyl (C=O) groups is 1. The summed E-state index contributed by atoms with van der Waals surface area (Å²) in [6.07, 6.45) is -4.46. The van der Waals surface area contributed by atoms with E-state index in [1.807, 2.05) is 19.2 Å². The van der Waals surface area contributed by atoms with Gasteiger partial charge < -0.3 is 10.4 Å². The predicted molar refractivity (Wildman–Crippen MR) is 64.2 cm³/mol. The fraction of sp³-hybridized carbons (Fsp3) is 0.500. The molecule has 0 radical (unpaired) electrons. The van der Waals surface area contributed by atoms with Gasteiger partial charge in [-0.3, -0.25) is 4.79 Å². The molecule has 20 heavy (non-hydrogen) atoms. The molecule has 2 N–H and O–H groups in total. The van der Waals surface area contributed by atoms with E-state index >= 15 is 0 Å². The zero-order valence-corrected chi connectivity index (χ0v) is 11.3. The fourth-order valence-corrected chi connectivity index (χ4v) is 1.24. The van der Waals surface area contributed by atoms with Crippen molar-refractivity contribution in [3.63, 3.8) is 0 Å². The molecule has 1 heterocycles. The Morgan fingerprint density at radius 1 is 1.35 bits per heavy atom. The summed E-state index contributed by atoms with van der Waals surface area (Å²) in [5, 5.41) is 11.5. The van der Waals surface area contributed by atoms with Gasteiger partial charge in [0.25, 0.3) is 0 Å². The van der Waals surface area contributed by atoms with Crippen LogP contribution in [0.25, 0.3) is 0 Å². The molecule has 0 bridgehead atoms. The highest BCUT2D eigenvalue weighted by atomic mass is 19.4. The van der Waals surface area contributed by atoms with Crippen LogP contribution in [0, 0.1) is 5.95 Å². The van der Waals surface area contributed by atoms with E-state index in [4.69, 9.17) is 0 Å². The average molecular weight is 296 g/mol. The van der Waals surface area contributed by atoms with Crippen LogP contribution < -0.4 is 5.32 Å². The lowest BCUT2D eigenvalue weighted by Crippen LogP contribution is -2.50. The van der Waals surface area contributed by atoms with Gasteiger partial charge in [-0.15, -0.1) is 0 Å². The smallest absolute Gasteiger partial charge is 0.375 e. The minimum Gasteiger partial charge on any atom is -0.375 e. The van der Waals surface area contributed by atoms with Crippen LogP contribution in [0.5, 0.6) is 0 Å². The Morgan fingerprint density at radius 2 is 1.90 bits per heavy atom. The van der Waals surface area contributed by atoms with Crippen molar-refractivity contribution >= 4 is 5.91 Å². The van der Waals surface area contributed by atoms with Crippen molar-refractivity contribution in [1.29, 1.82) is 0 Å². The van der Waals surface area contributed by atoms with Crippen molar-refractivity contribution in [2.45, 2.75) is 32.5 Å². The second kappa shape index (κ2) is 7.18. The standard InChI is InChI=1S/C10H10F4N2O2.C2H6/c1-6(17)16-5-9(18,10(12,13)14)7-2-3-8(11)15-4-7;1-2/h2-4,18H,5H2,1H3,(H,16,17);1-2H3. The second-order valence-electron chi connectivity index (χ2n) is 3.64. The number of hydrogen-bond donors (Lipinski definition) is 2. The monoisotopic (exact) mass is 296 g/mol. The molecule has 0 aliphatic heterocycles. The molecule has 1 aromatic rings. The van der Waals surface area contributed by atoms with Gasteiger partial charge in [-0.05, 0) is 12.1 Å². The van der Waals surface area contributed by atoms with Crippen LogP contribution in [0.15, 0.2) is 18.3 Å². The Balaban J connectivity index is 0.00000172. The first kappa shape index (κ1) is 18.3. The van der Waals surface area contributed by atoms with E-state index in [1.165, 1.54) is 0 Å². The molecule has 8 heteroatoms. The summed E-state index contributed by atoms with van der Waals surface area (Å²) in [5.74, 6) is -1.70. The lowest BCUT2D eigenvalue weighted by Gasteiger charge is -2.30. The highest BCUT2D eigenvalue weighted by molar-refractivity contribution is 5.72. The first-order chi connectivity index (χ1) is 9.17. The molecular weight excluding hydrogens is 280 g/mol. The van der Waals surface area contributed by atoms with Crippen molar-refractivity contribution in [3.05, 3.63) is 29.8 Å². The summed E-state index contributed by atoms with van der Waals surface area (Å²) < 4.78 is 51.0. The number of nitrogens with zero attached hydrogens (tertiary/aromatic N) is 1. The van der Waals surface area contributed by atoms with E-state index in [-0.39, 0.29) is 0 Å². The number of aliphatic hydroxyl groups is 1. The highest BCUT2D eigenvalue weighted by Crippen LogP contribution is 2.38. The SMILES string of the molecule is CC.CC(=O)NCC(O)(c1ccc(F)nc1)C(F)(F)F. The summed E-state index contributed by atoms with van der Waals surface area (Å²) in [4.78, 5) is 13.7. The Labute approximate surface area is 113 Å². The molecule has 0 aromatic carbocycles.